The van der Waals surface area contributed by atoms with Crippen LogP contribution in [0.1, 0.15) is 33.1 Å². The van der Waals surface area contributed by atoms with Gasteiger partial charge in [-0.25, -0.2) is 0 Å². The first-order chi connectivity index (χ1) is 4.35. The highest BCUT2D eigenvalue weighted by Crippen LogP contribution is 2.04. The fourth-order valence-corrected chi connectivity index (χ4v) is 0.894. The summed E-state index contributed by atoms with van der Waals surface area (Å²) in [6, 6.07) is 0. The molecule has 0 aliphatic carbocycles. The SMILES string of the molecule is [CH2]COC(CC)CCC. The molecule has 0 N–H and O–H groups in total. The minimum absolute atomic E-state index is 0.451. The molecule has 0 amide bonds. The molecular weight excluding hydrogens is 112 g/mol. The minimum Gasteiger partial charge on any atom is -0.378 e. The van der Waals surface area contributed by atoms with E-state index in [0.29, 0.717) is 12.7 Å². The van der Waals surface area contributed by atoms with Crippen LogP contribution in [0.2, 0.25) is 0 Å². The summed E-state index contributed by atoms with van der Waals surface area (Å²) >= 11 is 0. The average molecular weight is 129 g/mol. The number of ether oxygens (including phenoxy) is 1. The van der Waals surface area contributed by atoms with Gasteiger partial charge in [0.1, 0.15) is 0 Å². The fraction of sp³-hybridized carbons (Fsp3) is 0.875. The van der Waals surface area contributed by atoms with E-state index in [2.05, 4.69) is 20.8 Å². The van der Waals surface area contributed by atoms with Crippen LogP contribution in [-0.2, 0) is 4.74 Å². The Hall–Kier alpha value is -0.0400. The van der Waals surface area contributed by atoms with Crippen molar-refractivity contribution in [2.75, 3.05) is 6.61 Å². The zero-order chi connectivity index (χ0) is 7.11. The van der Waals surface area contributed by atoms with Crippen LogP contribution in [0.15, 0.2) is 0 Å². The molecule has 55 valence electrons. The number of hydrogen-bond donors (Lipinski definition) is 0. The van der Waals surface area contributed by atoms with E-state index in [1.807, 2.05) is 0 Å². The van der Waals surface area contributed by atoms with Gasteiger partial charge in [0.05, 0.1) is 6.10 Å². The van der Waals surface area contributed by atoms with E-state index in [4.69, 9.17) is 4.74 Å². The normalized spacial score (nSPS) is 13.7. The molecular formula is C8H17O. The maximum Gasteiger partial charge on any atom is 0.0572 e. The summed E-state index contributed by atoms with van der Waals surface area (Å²) in [4.78, 5) is 0. The van der Waals surface area contributed by atoms with Crippen LogP contribution in [0.5, 0.6) is 0 Å². The Bertz CT molecular complexity index is 46.5. The summed E-state index contributed by atoms with van der Waals surface area (Å²) in [6.45, 7) is 8.57. The zero-order valence-corrected chi connectivity index (χ0v) is 6.52. The molecule has 0 fully saturated rings. The van der Waals surface area contributed by atoms with Crippen LogP contribution in [-0.4, -0.2) is 12.7 Å². The Morgan fingerprint density at radius 3 is 2.44 bits per heavy atom. The van der Waals surface area contributed by atoms with Crippen molar-refractivity contribution >= 4 is 0 Å². The summed E-state index contributed by atoms with van der Waals surface area (Å²) in [5.41, 5.74) is 0. The quantitative estimate of drug-likeness (QED) is 0.554. The van der Waals surface area contributed by atoms with Crippen LogP contribution in [0.4, 0.5) is 0 Å². The highest BCUT2D eigenvalue weighted by Gasteiger charge is 2.01. The third-order valence-electron chi connectivity index (χ3n) is 1.42. The first kappa shape index (κ1) is 8.96. The molecule has 0 bridgehead atoms. The van der Waals surface area contributed by atoms with Gasteiger partial charge in [-0.05, 0) is 19.8 Å². The van der Waals surface area contributed by atoms with E-state index in [9.17, 15) is 0 Å². The van der Waals surface area contributed by atoms with Crippen molar-refractivity contribution in [3.05, 3.63) is 6.92 Å². The lowest BCUT2D eigenvalue weighted by atomic mass is 10.2. The first-order valence-electron chi connectivity index (χ1n) is 3.76. The molecule has 0 rings (SSSR count). The predicted octanol–water partition coefficient (Wildman–Crippen LogP) is 2.42. The Kier molecular flexibility index (Phi) is 6.06. The second kappa shape index (κ2) is 6.09. The van der Waals surface area contributed by atoms with E-state index >= 15 is 0 Å². The molecule has 0 aliphatic rings. The van der Waals surface area contributed by atoms with Crippen LogP contribution >= 0.6 is 0 Å². The van der Waals surface area contributed by atoms with Crippen molar-refractivity contribution in [1.82, 2.24) is 0 Å². The van der Waals surface area contributed by atoms with Crippen LogP contribution < -0.4 is 0 Å². The lowest BCUT2D eigenvalue weighted by Crippen LogP contribution is -2.10. The highest BCUT2D eigenvalue weighted by atomic mass is 16.5. The predicted molar refractivity (Wildman–Crippen MR) is 40.3 cm³/mol. The molecule has 1 nitrogen and oxygen atoms in total. The topological polar surface area (TPSA) is 9.23 Å². The molecule has 0 heterocycles. The Morgan fingerprint density at radius 1 is 1.44 bits per heavy atom. The Labute approximate surface area is 58.4 Å². The standard InChI is InChI=1S/C8H17O/c1-4-7-8(5-2)9-6-3/h8H,3-7H2,1-2H3. The van der Waals surface area contributed by atoms with E-state index in [-0.39, 0.29) is 0 Å². The van der Waals surface area contributed by atoms with Gasteiger partial charge in [0.25, 0.3) is 0 Å². The van der Waals surface area contributed by atoms with Crippen LogP contribution in [0, 0.1) is 6.92 Å². The third-order valence-corrected chi connectivity index (χ3v) is 1.42. The van der Waals surface area contributed by atoms with Gasteiger partial charge in [0, 0.05) is 6.61 Å². The van der Waals surface area contributed by atoms with E-state index in [0.717, 1.165) is 6.42 Å². The van der Waals surface area contributed by atoms with Crippen LogP contribution in [0.3, 0.4) is 0 Å². The van der Waals surface area contributed by atoms with Crippen molar-refractivity contribution in [2.24, 2.45) is 0 Å². The maximum atomic E-state index is 5.32. The smallest absolute Gasteiger partial charge is 0.0572 e. The second-order valence-corrected chi connectivity index (χ2v) is 2.19. The van der Waals surface area contributed by atoms with Crippen molar-refractivity contribution in [2.45, 2.75) is 39.2 Å². The summed E-state index contributed by atoms with van der Waals surface area (Å²) in [6.07, 6.45) is 3.95. The highest BCUT2D eigenvalue weighted by molar-refractivity contribution is 4.53. The molecule has 1 radical (unpaired) electrons. The van der Waals surface area contributed by atoms with Crippen LogP contribution in [0.25, 0.3) is 0 Å². The lowest BCUT2D eigenvalue weighted by molar-refractivity contribution is 0.0635. The molecule has 0 aliphatic heterocycles. The van der Waals surface area contributed by atoms with E-state index < -0.39 is 0 Å². The molecule has 1 unspecified atom stereocenters. The summed E-state index contributed by atoms with van der Waals surface area (Å²) < 4.78 is 5.32. The maximum absolute atomic E-state index is 5.32. The largest absolute Gasteiger partial charge is 0.378 e. The van der Waals surface area contributed by atoms with Gasteiger partial charge in [-0.1, -0.05) is 20.3 Å². The molecule has 0 saturated heterocycles. The Balaban J connectivity index is 3.18. The van der Waals surface area contributed by atoms with E-state index in [1.54, 1.807) is 0 Å². The van der Waals surface area contributed by atoms with Gasteiger partial charge < -0.3 is 4.74 Å². The molecule has 0 saturated carbocycles. The molecule has 1 heteroatoms. The fourth-order valence-electron chi connectivity index (χ4n) is 0.894. The van der Waals surface area contributed by atoms with Gasteiger partial charge in [0.2, 0.25) is 0 Å². The Morgan fingerprint density at radius 2 is 2.11 bits per heavy atom. The molecule has 0 spiro atoms. The summed E-state index contributed by atoms with van der Waals surface area (Å²) in [7, 11) is 0. The van der Waals surface area contributed by atoms with Crippen molar-refractivity contribution < 1.29 is 4.74 Å². The monoisotopic (exact) mass is 129 g/mol. The zero-order valence-electron chi connectivity index (χ0n) is 6.52. The summed E-state index contributed by atoms with van der Waals surface area (Å²) in [5.74, 6) is 0. The molecule has 9 heavy (non-hydrogen) atoms. The average Bonchev–Trinajstić information content (AvgIpc) is 1.88. The van der Waals surface area contributed by atoms with Gasteiger partial charge in [-0.15, -0.1) is 0 Å². The number of rotatable bonds is 5. The lowest BCUT2D eigenvalue weighted by Gasteiger charge is -2.12. The third kappa shape index (κ3) is 4.46. The minimum atomic E-state index is 0.451. The molecule has 1 atom stereocenters. The number of hydrogen-bond acceptors (Lipinski definition) is 1. The van der Waals surface area contributed by atoms with Gasteiger partial charge in [-0.2, -0.15) is 0 Å². The first-order valence-corrected chi connectivity index (χ1v) is 3.76. The molecule has 0 aromatic carbocycles. The van der Waals surface area contributed by atoms with Gasteiger partial charge in [-0.3, -0.25) is 0 Å². The van der Waals surface area contributed by atoms with Crippen molar-refractivity contribution in [3.8, 4) is 0 Å². The van der Waals surface area contributed by atoms with E-state index in [1.165, 1.54) is 12.8 Å². The summed E-state index contributed by atoms with van der Waals surface area (Å²) in [5, 5.41) is 0. The molecule has 0 aromatic rings. The van der Waals surface area contributed by atoms with Gasteiger partial charge >= 0.3 is 0 Å². The van der Waals surface area contributed by atoms with Crippen molar-refractivity contribution in [1.29, 1.82) is 0 Å². The second-order valence-electron chi connectivity index (χ2n) is 2.19. The molecule has 0 aromatic heterocycles. The van der Waals surface area contributed by atoms with Gasteiger partial charge in [0.15, 0.2) is 0 Å². The van der Waals surface area contributed by atoms with Crippen molar-refractivity contribution in [3.63, 3.8) is 0 Å².